The third kappa shape index (κ3) is 4.15. The van der Waals surface area contributed by atoms with Crippen LogP contribution in [0.25, 0.3) is 0 Å². The van der Waals surface area contributed by atoms with Gasteiger partial charge in [-0.1, -0.05) is 0 Å². The summed E-state index contributed by atoms with van der Waals surface area (Å²) in [6.45, 7) is 2.25. The maximum atomic E-state index is 2.37. The monoisotopic (exact) mass is 362 g/mol. The van der Waals surface area contributed by atoms with E-state index in [9.17, 15) is 0 Å². The van der Waals surface area contributed by atoms with Crippen molar-refractivity contribution < 1.29 is 0 Å². The first kappa shape index (κ1) is 16.1. The molecule has 3 aromatic rings. The molecule has 0 heterocycles. The van der Waals surface area contributed by atoms with Crippen molar-refractivity contribution in [2.45, 2.75) is 26.2 Å². The van der Waals surface area contributed by atoms with Crippen LogP contribution in [-0.4, -0.2) is 14.7 Å². The predicted molar refractivity (Wildman–Crippen MR) is 103 cm³/mol. The second kappa shape index (κ2) is 8.18. The van der Waals surface area contributed by atoms with Crippen LogP contribution >= 0.6 is 0 Å². The summed E-state index contributed by atoms with van der Waals surface area (Å²) < 4.78 is 4.50. The Kier molecular flexibility index (Phi) is 5.72. The van der Waals surface area contributed by atoms with E-state index in [1.807, 2.05) is 0 Å². The summed E-state index contributed by atoms with van der Waals surface area (Å²) in [4.78, 5) is 0. The van der Waals surface area contributed by atoms with Crippen LogP contribution < -0.4 is 13.1 Å². The Morgan fingerprint density at radius 2 is 1.09 bits per heavy atom. The van der Waals surface area contributed by atoms with Gasteiger partial charge in [-0.3, -0.25) is 0 Å². The molecule has 0 aliphatic carbocycles. The first-order chi connectivity index (χ1) is 11.4. The topological polar surface area (TPSA) is 0 Å². The molecule has 0 N–H and O–H groups in total. The van der Waals surface area contributed by atoms with Gasteiger partial charge in [-0.05, 0) is 0 Å². The van der Waals surface area contributed by atoms with E-state index in [4.69, 9.17) is 0 Å². The minimum absolute atomic E-state index is 1.19. The quantitative estimate of drug-likeness (QED) is 0.589. The zero-order valence-corrected chi connectivity index (χ0v) is 15.5. The number of hydrogen-bond donors (Lipinski definition) is 0. The zero-order chi connectivity index (χ0) is 15.9. The number of aryl methyl sites for hydroxylation is 1. The third-order valence-electron chi connectivity index (χ3n) is 4.04. The van der Waals surface area contributed by atoms with E-state index in [0.29, 0.717) is 0 Å². The molecule has 0 saturated carbocycles. The molecule has 0 spiro atoms. The number of benzene rings is 3. The Morgan fingerprint density at radius 3 is 1.57 bits per heavy atom. The normalized spacial score (nSPS) is 10.9. The molecule has 0 atom stereocenters. The van der Waals surface area contributed by atoms with Crippen LogP contribution in [0.3, 0.4) is 0 Å². The second-order valence-corrected chi connectivity index (χ2v) is 10.4. The molecule has 0 aromatic heterocycles. The van der Waals surface area contributed by atoms with Crippen LogP contribution in [0.1, 0.15) is 25.3 Å². The fourth-order valence-electron chi connectivity index (χ4n) is 2.79. The van der Waals surface area contributed by atoms with Crippen LogP contribution in [0.4, 0.5) is 0 Å². The summed E-state index contributed by atoms with van der Waals surface area (Å²) in [6, 6.07) is 31.4. The Hall–Kier alpha value is -1.78. The molecule has 0 amide bonds. The Bertz CT molecular complexity index is 662. The van der Waals surface area contributed by atoms with Gasteiger partial charge in [0.15, 0.2) is 0 Å². The third-order valence-corrected chi connectivity index (χ3v) is 9.17. The second-order valence-electron chi connectivity index (χ2n) is 5.78. The van der Waals surface area contributed by atoms with Crippen molar-refractivity contribution in [2.75, 3.05) is 0 Å². The first-order valence-electron chi connectivity index (χ1n) is 8.37. The predicted octanol–water partition coefficient (Wildman–Crippen LogP) is 3.55. The SMILES string of the molecule is CCCCc1ccc([As](c2ccccc2)c2ccccc2)cc1. The molecular weight excluding hydrogens is 339 g/mol. The first-order valence-corrected chi connectivity index (χ1v) is 11.2. The van der Waals surface area contributed by atoms with Gasteiger partial charge in [0.2, 0.25) is 0 Å². The van der Waals surface area contributed by atoms with E-state index in [0.717, 1.165) is 0 Å². The van der Waals surface area contributed by atoms with Crippen molar-refractivity contribution in [1.29, 1.82) is 0 Å². The molecule has 0 fully saturated rings. The van der Waals surface area contributed by atoms with Gasteiger partial charge in [-0.2, -0.15) is 0 Å². The van der Waals surface area contributed by atoms with Gasteiger partial charge in [-0.15, -0.1) is 0 Å². The van der Waals surface area contributed by atoms with Gasteiger partial charge >= 0.3 is 144 Å². The van der Waals surface area contributed by atoms with Gasteiger partial charge in [0.1, 0.15) is 0 Å². The van der Waals surface area contributed by atoms with E-state index in [1.54, 1.807) is 0 Å². The molecule has 23 heavy (non-hydrogen) atoms. The summed E-state index contributed by atoms with van der Waals surface area (Å²) in [7, 11) is 0. The fraction of sp³-hybridized carbons (Fsp3) is 0.182. The molecule has 0 radical (unpaired) electrons. The molecule has 116 valence electrons. The molecule has 0 aliphatic rings. The van der Waals surface area contributed by atoms with Gasteiger partial charge in [0.05, 0.1) is 0 Å². The summed E-state index contributed by atoms with van der Waals surface area (Å²) in [5.74, 6) is 0. The van der Waals surface area contributed by atoms with E-state index < -0.39 is 14.7 Å². The molecule has 3 aromatic carbocycles. The molecule has 0 saturated heterocycles. The van der Waals surface area contributed by atoms with E-state index in [1.165, 1.54) is 37.9 Å². The molecule has 0 unspecified atom stereocenters. The van der Waals surface area contributed by atoms with Crippen molar-refractivity contribution >= 4 is 27.7 Å². The average Bonchev–Trinajstić information content (AvgIpc) is 2.63. The van der Waals surface area contributed by atoms with Crippen LogP contribution in [0.5, 0.6) is 0 Å². The molecule has 1 heteroatoms. The molecule has 0 aliphatic heterocycles. The Balaban J connectivity index is 1.96. The standard InChI is InChI=1S/C22H23As/c1-2-3-10-19-15-17-22(18-16-19)23(20-11-6-4-7-12-20)21-13-8-5-9-14-21/h4-9,11-18H,2-3,10H2,1H3. The minimum atomic E-state index is -1.44. The van der Waals surface area contributed by atoms with Crippen molar-refractivity contribution in [3.63, 3.8) is 0 Å². The van der Waals surface area contributed by atoms with Crippen molar-refractivity contribution in [3.8, 4) is 0 Å². The molecule has 0 nitrogen and oxygen atoms in total. The van der Waals surface area contributed by atoms with Crippen molar-refractivity contribution in [1.82, 2.24) is 0 Å². The average molecular weight is 362 g/mol. The maximum absolute atomic E-state index is 2.37. The molecular formula is C22H23As. The van der Waals surface area contributed by atoms with Gasteiger partial charge < -0.3 is 0 Å². The van der Waals surface area contributed by atoms with Gasteiger partial charge in [0.25, 0.3) is 0 Å². The number of hydrogen-bond acceptors (Lipinski definition) is 0. The Morgan fingerprint density at radius 1 is 0.609 bits per heavy atom. The van der Waals surface area contributed by atoms with E-state index >= 15 is 0 Å². The summed E-state index contributed by atoms with van der Waals surface area (Å²) >= 11 is -1.44. The van der Waals surface area contributed by atoms with Crippen molar-refractivity contribution in [3.05, 3.63) is 90.5 Å². The van der Waals surface area contributed by atoms with Gasteiger partial charge in [-0.25, -0.2) is 0 Å². The number of unbranched alkanes of at least 4 members (excludes halogenated alkanes) is 1. The summed E-state index contributed by atoms with van der Waals surface area (Å²) in [6.07, 6.45) is 3.73. The van der Waals surface area contributed by atoms with Gasteiger partial charge in [0, 0.05) is 0 Å². The molecule has 3 rings (SSSR count). The van der Waals surface area contributed by atoms with Crippen LogP contribution in [0, 0.1) is 0 Å². The van der Waals surface area contributed by atoms with Crippen LogP contribution in [0.15, 0.2) is 84.9 Å². The van der Waals surface area contributed by atoms with E-state index in [-0.39, 0.29) is 0 Å². The zero-order valence-electron chi connectivity index (χ0n) is 13.7. The van der Waals surface area contributed by atoms with Crippen LogP contribution in [-0.2, 0) is 6.42 Å². The Labute approximate surface area is 144 Å². The van der Waals surface area contributed by atoms with Crippen LogP contribution in [0.2, 0.25) is 0 Å². The van der Waals surface area contributed by atoms with E-state index in [2.05, 4.69) is 91.9 Å². The fourth-order valence-corrected chi connectivity index (χ4v) is 7.58. The molecule has 0 bridgehead atoms. The van der Waals surface area contributed by atoms with Crippen molar-refractivity contribution in [2.24, 2.45) is 0 Å². The number of rotatable bonds is 6. The summed E-state index contributed by atoms with van der Waals surface area (Å²) in [5.41, 5.74) is 1.46. The summed E-state index contributed by atoms with van der Waals surface area (Å²) in [5, 5.41) is 0.